The van der Waals surface area contributed by atoms with Crippen molar-refractivity contribution >= 4 is 29.9 Å². The molecule has 0 saturated heterocycles. The number of aromatic nitrogens is 3. The van der Waals surface area contributed by atoms with Crippen molar-refractivity contribution in [3.05, 3.63) is 59.6 Å². The second kappa shape index (κ2) is 11.9. The first-order valence-electron chi connectivity index (χ1n) is 10.6. The number of nitrogens with zero attached hydrogens (tertiary/aromatic N) is 3. The third-order valence-corrected chi connectivity index (χ3v) is 5.05. The Hall–Kier alpha value is -2.36. The minimum absolute atomic E-state index is 0. The summed E-state index contributed by atoms with van der Waals surface area (Å²) >= 11 is 0. The van der Waals surface area contributed by atoms with Crippen LogP contribution >= 0.6 is 24.0 Å². The molecule has 0 amide bonds. The number of nitrogens with one attached hydrogen (secondary N) is 3. The molecule has 2 aromatic heterocycles. The molecule has 0 aliphatic heterocycles. The summed E-state index contributed by atoms with van der Waals surface area (Å²) in [7, 11) is 0. The van der Waals surface area contributed by atoms with Crippen molar-refractivity contribution in [3.63, 3.8) is 0 Å². The van der Waals surface area contributed by atoms with Gasteiger partial charge in [-0.3, -0.25) is 10.1 Å². The van der Waals surface area contributed by atoms with Crippen molar-refractivity contribution in [1.82, 2.24) is 25.8 Å². The molecule has 2 heterocycles. The van der Waals surface area contributed by atoms with Gasteiger partial charge in [-0.2, -0.15) is 5.10 Å². The van der Waals surface area contributed by atoms with Gasteiger partial charge in [0, 0.05) is 24.9 Å². The number of aromatic amines is 1. The highest BCUT2D eigenvalue weighted by molar-refractivity contribution is 14.0. The van der Waals surface area contributed by atoms with Crippen LogP contribution in [-0.4, -0.2) is 40.8 Å². The van der Waals surface area contributed by atoms with E-state index in [1.54, 1.807) is 6.26 Å². The average molecular weight is 536 g/mol. The molecular weight excluding hydrogens is 503 g/mol. The van der Waals surface area contributed by atoms with Crippen molar-refractivity contribution in [3.8, 4) is 11.6 Å². The van der Waals surface area contributed by atoms with E-state index in [1.807, 2.05) is 12.1 Å². The molecule has 0 bridgehead atoms. The molecule has 0 aliphatic carbocycles. The van der Waals surface area contributed by atoms with Crippen molar-refractivity contribution in [2.45, 2.75) is 46.0 Å². The van der Waals surface area contributed by atoms with E-state index in [2.05, 4.69) is 77.8 Å². The van der Waals surface area contributed by atoms with Crippen LogP contribution in [0.1, 0.15) is 44.6 Å². The molecule has 0 saturated carbocycles. The van der Waals surface area contributed by atoms with Gasteiger partial charge in [0.25, 0.3) is 0 Å². The lowest BCUT2D eigenvalue weighted by molar-refractivity contribution is 0.537. The Morgan fingerprint density at radius 1 is 1.13 bits per heavy atom. The van der Waals surface area contributed by atoms with E-state index < -0.39 is 0 Å². The van der Waals surface area contributed by atoms with E-state index in [1.165, 1.54) is 11.1 Å². The maximum absolute atomic E-state index is 5.33. The zero-order chi connectivity index (χ0) is 21.4. The van der Waals surface area contributed by atoms with E-state index in [0.717, 1.165) is 24.7 Å². The molecule has 3 N–H and O–H groups in total. The van der Waals surface area contributed by atoms with Gasteiger partial charge in [-0.15, -0.1) is 24.0 Å². The van der Waals surface area contributed by atoms with Gasteiger partial charge in [-0.25, -0.2) is 4.98 Å². The first kappa shape index (κ1) is 24.9. The van der Waals surface area contributed by atoms with Gasteiger partial charge in [-0.1, -0.05) is 45.0 Å². The maximum Gasteiger partial charge on any atom is 0.216 e. The summed E-state index contributed by atoms with van der Waals surface area (Å²) in [6.45, 7) is 10.9. The molecule has 0 spiro atoms. The van der Waals surface area contributed by atoms with Crippen molar-refractivity contribution in [2.75, 3.05) is 19.6 Å². The Kier molecular flexibility index (Phi) is 9.54. The molecule has 0 aliphatic rings. The number of hydrogen-bond acceptors (Lipinski definition) is 4. The third kappa shape index (κ3) is 7.09. The number of rotatable bonds is 9. The van der Waals surface area contributed by atoms with Gasteiger partial charge in [0.1, 0.15) is 5.82 Å². The number of halogens is 1. The fraction of sp³-hybridized carbons (Fsp3) is 0.435. The van der Waals surface area contributed by atoms with E-state index in [0.29, 0.717) is 31.1 Å². The second-order valence-corrected chi connectivity index (χ2v) is 7.89. The van der Waals surface area contributed by atoms with Crippen molar-refractivity contribution < 1.29 is 4.42 Å². The second-order valence-electron chi connectivity index (χ2n) is 7.89. The summed E-state index contributed by atoms with van der Waals surface area (Å²) in [6, 6.07) is 12.5. The van der Waals surface area contributed by atoms with Crippen molar-refractivity contribution in [1.29, 1.82) is 0 Å². The number of furan rings is 1. The van der Waals surface area contributed by atoms with Crippen LogP contribution in [0.25, 0.3) is 11.6 Å². The quantitative estimate of drug-likeness (QED) is 0.215. The minimum atomic E-state index is -0.0442. The van der Waals surface area contributed by atoms with Crippen LogP contribution in [0.2, 0.25) is 0 Å². The Balaban J connectivity index is 0.00000341. The summed E-state index contributed by atoms with van der Waals surface area (Å²) in [6.07, 6.45) is 3.38. The summed E-state index contributed by atoms with van der Waals surface area (Å²) in [5, 5.41) is 13.9. The normalized spacial score (nSPS) is 11.8. The van der Waals surface area contributed by atoms with E-state index in [4.69, 9.17) is 9.41 Å². The first-order valence-corrected chi connectivity index (χ1v) is 10.6. The maximum atomic E-state index is 5.33. The smallest absolute Gasteiger partial charge is 0.216 e. The van der Waals surface area contributed by atoms with Crippen LogP contribution in [0.4, 0.5) is 0 Å². The number of hydrogen-bond donors (Lipinski definition) is 3. The Bertz CT molecular complexity index is 931. The van der Waals surface area contributed by atoms with Crippen LogP contribution in [0.15, 0.2) is 52.1 Å². The molecule has 0 fully saturated rings. The highest BCUT2D eigenvalue weighted by atomic mass is 127. The largest absolute Gasteiger partial charge is 0.461 e. The molecule has 0 radical (unpaired) electrons. The summed E-state index contributed by atoms with van der Waals surface area (Å²) in [5.41, 5.74) is 2.61. The molecule has 168 valence electrons. The molecule has 3 aromatic rings. The lowest BCUT2D eigenvalue weighted by atomic mass is 9.84. The fourth-order valence-electron chi connectivity index (χ4n) is 3.12. The van der Waals surface area contributed by atoms with Crippen LogP contribution < -0.4 is 10.6 Å². The van der Waals surface area contributed by atoms with Crippen LogP contribution in [0.3, 0.4) is 0 Å². The van der Waals surface area contributed by atoms with Gasteiger partial charge in [-0.05, 0) is 36.6 Å². The number of benzene rings is 1. The number of H-pyrrole nitrogens is 1. The van der Waals surface area contributed by atoms with Gasteiger partial charge >= 0.3 is 0 Å². The summed E-state index contributed by atoms with van der Waals surface area (Å²) in [5.74, 6) is 2.85. The van der Waals surface area contributed by atoms with Gasteiger partial charge in [0.2, 0.25) is 5.82 Å². The Labute approximate surface area is 201 Å². The average Bonchev–Trinajstić information content (AvgIpc) is 3.44. The van der Waals surface area contributed by atoms with Crippen LogP contribution in [-0.2, 0) is 18.3 Å². The number of aliphatic imine (C=N–C) groups is 1. The highest BCUT2D eigenvalue weighted by Crippen LogP contribution is 2.24. The fourth-order valence-corrected chi connectivity index (χ4v) is 3.12. The predicted molar refractivity (Wildman–Crippen MR) is 136 cm³/mol. The molecule has 1 aromatic carbocycles. The summed E-state index contributed by atoms with van der Waals surface area (Å²) < 4.78 is 5.33. The lowest BCUT2D eigenvalue weighted by Gasteiger charge is -2.24. The minimum Gasteiger partial charge on any atom is -0.461 e. The first-order chi connectivity index (χ1) is 14.5. The Morgan fingerprint density at radius 2 is 1.90 bits per heavy atom. The van der Waals surface area contributed by atoms with Crippen LogP contribution in [0, 0.1) is 0 Å². The molecule has 0 atom stereocenters. The molecule has 3 rings (SSSR count). The molecule has 7 nitrogen and oxygen atoms in total. The van der Waals surface area contributed by atoms with E-state index in [9.17, 15) is 0 Å². The predicted octanol–water partition coefficient (Wildman–Crippen LogP) is 4.32. The number of aryl methyl sites for hydroxylation is 1. The zero-order valence-electron chi connectivity index (χ0n) is 18.7. The molecule has 31 heavy (non-hydrogen) atoms. The molecular formula is C23H33IN6O. The SMILES string of the molecule is CCNC(=NCC(C)(C)c1ccc(CC)cc1)NCCc1nc(-c2ccco2)n[nH]1.I. The van der Waals surface area contributed by atoms with Crippen molar-refractivity contribution in [2.24, 2.45) is 4.99 Å². The topological polar surface area (TPSA) is 91.1 Å². The zero-order valence-corrected chi connectivity index (χ0v) is 21.1. The van der Waals surface area contributed by atoms with Gasteiger partial charge < -0.3 is 15.1 Å². The Morgan fingerprint density at radius 3 is 2.55 bits per heavy atom. The van der Waals surface area contributed by atoms with Gasteiger partial charge in [0.05, 0.1) is 12.8 Å². The van der Waals surface area contributed by atoms with Gasteiger partial charge in [0.15, 0.2) is 11.7 Å². The van der Waals surface area contributed by atoms with Crippen LogP contribution in [0.5, 0.6) is 0 Å². The monoisotopic (exact) mass is 536 g/mol. The standard InChI is InChI=1S/C23H32N6O.HI/c1-5-17-9-11-18(12-10-17)23(3,4)16-26-22(24-6-2)25-14-13-20-27-21(29-28-20)19-8-7-15-30-19;/h7-12,15H,5-6,13-14,16H2,1-4H3,(H2,24,25,26)(H,27,28,29);1H. The molecule has 0 unspecified atom stereocenters. The lowest BCUT2D eigenvalue weighted by Crippen LogP contribution is -2.39. The van der Waals surface area contributed by atoms with E-state index >= 15 is 0 Å². The third-order valence-electron chi connectivity index (χ3n) is 5.05. The molecule has 8 heteroatoms. The summed E-state index contributed by atoms with van der Waals surface area (Å²) in [4.78, 5) is 9.29. The number of guanidine groups is 1. The van der Waals surface area contributed by atoms with E-state index in [-0.39, 0.29) is 29.4 Å². The highest BCUT2D eigenvalue weighted by Gasteiger charge is 2.20.